The summed E-state index contributed by atoms with van der Waals surface area (Å²) in [7, 11) is 0. The minimum Gasteiger partial charge on any atom is -0.493 e. The van der Waals surface area contributed by atoms with Crippen molar-refractivity contribution in [1.82, 2.24) is 25.1 Å². The molecule has 1 aliphatic rings. The molecule has 2 heterocycles. The monoisotopic (exact) mass is 377 g/mol. The maximum atomic E-state index is 12.9. The number of aromatic nitrogens is 4. The van der Waals surface area contributed by atoms with Crippen LogP contribution in [0.15, 0.2) is 54.9 Å². The summed E-state index contributed by atoms with van der Waals surface area (Å²) in [6.45, 7) is 4.19. The number of carbonyl (C=O) groups is 1. The lowest BCUT2D eigenvalue weighted by Gasteiger charge is -2.33. The number of carbonyl (C=O) groups excluding carboxylic acids is 1. The van der Waals surface area contributed by atoms with Gasteiger partial charge in [-0.15, -0.1) is 5.10 Å². The topological polar surface area (TPSA) is 73.1 Å². The molecular formula is C21H23N5O2. The maximum Gasteiger partial charge on any atom is 0.253 e. The molecule has 3 aromatic rings. The summed E-state index contributed by atoms with van der Waals surface area (Å²) in [4.78, 5) is 14.8. The Balaban J connectivity index is 1.37. The summed E-state index contributed by atoms with van der Waals surface area (Å²) in [5.74, 6) is 1.32. The van der Waals surface area contributed by atoms with Crippen LogP contribution >= 0.6 is 0 Å². The van der Waals surface area contributed by atoms with Gasteiger partial charge in [0.1, 0.15) is 12.1 Å². The first-order chi connectivity index (χ1) is 13.7. The Morgan fingerprint density at radius 2 is 2.00 bits per heavy atom. The summed E-state index contributed by atoms with van der Waals surface area (Å²) in [5, 5.41) is 11.1. The van der Waals surface area contributed by atoms with Crippen LogP contribution in [0, 0.1) is 12.8 Å². The molecule has 28 heavy (non-hydrogen) atoms. The zero-order chi connectivity index (χ0) is 19.3. The van der Waals surface area contributed by atoms with Crippen molar-refractivity contribution >= 4 is 5.91 Å². The van der Waals surface area contributed by atoms with Gasteiger partial charge in [-0.05, 0) is 66.1 Å². The van der Waals surface area contributed by atoms with Gasteiger partial charge in [0.25, 0.3) is 5.91 Å². The van der Waals surface area contributed by atoms with Gasteiger partial charge < -0.3 is 9.64 Å². The highest BCUT2D eigenvalue weighted by atomic mass is 16.5. The molecule has 0 bridgehead atoms. The molecular weight excluding hydrogens is 354 g/mol. The molecule has 1 atom stereocenters. The zero-order valence-corrected chi connectivity index (χ0v) is 15.9. The van der Waals surface area contributed by atoms with Crippen molar-refractivity contribution in [3.8, 4) is 11.4 Å². The number of hydrogen-bond acceptors (Lipinski definition) is 5. The number of tetrazole rings is 1. The Kier molecular flexibility index (Phi) is 5.32. The fraction of sp³-hybridized carbons (Fsp3) is 0.333. The Morgan fingerprint density at radius 1 is 1.18 bits per heavy atom. The van der Waals surface area contributed by atoms with Gasteiger partial charge in [-0.1, -0.05) is 18.2 Å². The quantitative estimate of drug-likeness (QED) is 0.684. The van der Waals surface area contributed by atoms with E-state index >= 15 is 0 Å². The lowest BCUT2D eigenvalue weighted by Crippen LogP contribution is -2.41. The molecule has 144 valence electrons. The largest absolute Gasteiger partial charge is 0.493 e. The number of piperidine rings is 1. The van der Waals surface area contributed by atoms with E-state index in [9.17, 15) is 4.79 Å². The third-order valence-corrected chi connectivity index (χ3v) is 5.10. The van der Waals surface area contributed by atoms with Gasteiger partial charge in [-0.3, -0.25) is 4.79 Å². The molecule has 2 aromatic carbocycles. The van der Waals surface area contributed by atoms with Crippen molar-refractivity contribution in [2.24, 2.45) is 5.92 Å². The molecule has 1 aromatic heterocycles. The molecule has 1 unspecified atom stereocenters. The first-order valence-corrected chi connectivity index (χ1v) is 9.52. The van der Waals surface area contributed by atoms with Gasteiger partial charge in [-0.2, -0.15) is 0 Å². The second kappa shape index (κ2) is 8.21. The number of amides is 1. The number of nitrogens with zero attached hydrogens (tertiary/aromatic N) is 5. The molecule has 0 N–H and O–H groups in total. The van der Waals surface area contributed by atoms with E-state index in [2.05, 4.69) is 15.5 Å². The number of para-hydroxylation sites is 1. The van der Waals surface area contributed by atoms with E-state index in [4.69, 9.17) is 4.74 Å². The third-order valence-electron chi connectivity index (χ3n) is 5.10. The molecule has 1 saturated heterocycles. The van der Waals surface area contributed by atoms with Gasteiger partial charge in [0.05, 0.1) is 12.3 Å². The number of hydrogen-bond donors (Lipinski definition) is 0. The minimum atomic E-state index is 0.0591. The molecule has 0 saturated carbocycles. The second-order valence-corrected chi connectivity index (χ2v) is 7.14. The van der Waals surface area contributed by atoms with Crippen LogP contribution in [0.5, 0.6) is 5.75 Å². The number of aryl methyl sites for hydroxylation is 1. The molecule has 0 spiro atoms. The highest BCUT2D eigenvalue weighted by Crippen LogP contribution is 2.22. The number of rotatable bonds is 5. The van der Waals surface area contributed by atoms with E-state index in [1.54, 1.807) is 4.68 Å². The Morgan fingerprint density at radius 3 is 2.75 bits per heavy atom. The predicted molar refractivity (Wildman–Crippen MR) is 104 cm³/mol. The lowest BCUT2D eigenvalue weighted by atomic mass is 9.98. The Bertz CT molecular complexity index is 924. The van der Waals surface area contributed by atoms with Gasteiger partial charge in [0.15, 0.2) is 0 Å². The second-order valence-electron chi connectivity index (χ2n) is 7.14. The maximum absolute atomic E-state index is 12.9. The number of likely N-dealkylation sites (tertiary alicyclic amines) is 1. The first kappa shape index (κ1) is 18.2. The standard InChI is InChI=1S/C21H23N5O2/c1-16-5-2-3-7-20(16)28-14-17-6-4-12-25(13-17)21(27)18-8-10-19(11-9-18)26-15-22-23-24-26/h2-3,5,7-11,15,17H,4,6,12-14H2,1H3. The van der Waals surface area contributed by atoms with Crippen molar-refractivity contribution in [2.75, 3.05) is 19.7 Å². The van der Waals surface area contributed by atoms with Gasteiger partial charge in [0, 0.05) is 24.6 Å². The summed E-state index contributed by atoms with van der Waals surface area (Å²) in [5.41, 5.74) is 2.64. The van der Waals surface area contributed by atoms with Crippen molar-refractivity contribution in [2.45, 2.75) is 19.8 Å². The van der Waals surface area contributed by atoms with Crippen LogP contribution in [-0.2, 0) is 0 Å². The highest BCUT2D eigenvalue weighted by Gasteiger charge is 2.25. The summed E-state index contributed by atoms with van der Waals surface area (Å²) < 4.78 is 7.57. The van der Waals surface area contributed by atoms with E-state index in [0.29, 0.717) is 18.1 Å². The fourth-order valence-electron chi connectivity index (χ4n) is 3.53. The smallest absolute Gasteiger partial charge is 0.253 e. The van der Waals surface area contributed by atoms with E-state index < -0.39 is 0 Å². The molecule has 0 radical (unpaired) electrons. The molecule has 1 amide bonds. The Labute approximate surface area is 163 Å². The normalized spacial score (nSPS) is 16.8. The summed E-state index contributed by atoms with van der Waals surface area (Å²) >= 11 is 0. The summed E-state index contributed by atoms with van der Waals surface area (Å²) in [6, 6.07) is 15.4. The Hall–Kier alpha value is -3.22. The third kappa shape index (κ3) is 4.03. The molecule has 7 nitrogen and oxygen atoms in total. The number of benzene rings is 2. The van der Waals surface area contributed by atoms with E-state index in [0.717, 1.165) is 42.9 Å². The SMILES string of the molecule is Cc1ccccc1OCC1CCCN(C(=O)c2ccc(-n3cnnn3)cc2)C1. The average Bonchev–Trinajstić information content (AvgIpc) is 3.28. The van der Waals surface area contributed by atoms with Gasteiger partial charge >= 0.3 is 0 Å². The van der Waals surface area contributed by atoms with Crippen LogP contribution in [0.4, 0.5) is 0 Å². The number of ether oxygens (including phenoxy) is 1. The minimum absolute atomic E-state index is 0.0591. The molecule has 0 aliphatic carbocycles. The predicted octanol–water partition coefficient (Wildman–Crippen LogP) is 2.90. The van der Waals surface area contributed by atoms with Crippen LogP contribution in [0.1, 0.15) is 28.8 Å². The lowest BCUT2D eigenvalue weighted by molar-refractivity contribution is 0.0633. The van der Waals surface area contributed by atoms with Gasteiger partial charge in [0.2, 0.25) is 0 Å². The van der Waals surface area contributed by atoms with Crippen LogP contribution in [0.3, 0.4) is 0 Å². The van der Waals surface area contributed by atoms with Crippen LogP contribution in [0.2, 0.25) is 0 Å². The van der Waals surface area contributed by atoms with Crippen molar-refractivity contribution in [3.63, 3.8) is 0 Å². The molecule has 7 heteroatoms. The first-order valence-electron chi connectivity index (χ1n) is 9.52. The van der Waals surface area contributed by atoms with E-state index in [-0.39, 0.29) is 5.91 Å². The fourth-order valence-corrected chi connectivity index (χ4v) is 3.53. The average molecular weight is 377 g/mol. The van der Waals surface area contributed by atoms with Crippen molar-refractivity contribution < 1.29 is 9.53 Å². The van der Waals surface area contributed by atoms with E-state index in [1.165, 1.54) is 6.33 Å². The molecule has 1 fully saturated rings. The van der Waals surface area contributed by atoms with E-state index in [1.807, 2.05) is 60.4 Å². The van der Waals surface area contributed by atoms with Crippen LogP contribution in [-0.4, -0.2) is 50.7 Å². The van der Waals surface area contributed by atoms with Crippen molar-refractivity contribution in [1.29, 1.82) is 0 Å². The zero-order valence-electron chi connectivity index (χ0n) is 15.9. The highest BCUT2D eigenvalue weighted by molar-refractivity contribution is 5.94. The van der Waals surface area contributed by atoms with Gasteiger partial charge in [-0.25, -0.2) is 4.68 Å². The van der Waals surface area contributed by atoms with Crippen LogP contribution < -0.4 is 4.74 Å². The molecule has 1 aliphatic heterocycles. The van der Waals surface area contributed by atoms with Crippen molar-refractivity contribution in [3.05, 3.63) is 66.0 Å². The molecule has 4 rings (SSSR count). The summed E-state index contributed by atoms with van der Waals surface area (Å²) in [6.07, 6.45) is 3.60. The van der Waals surface area contributed by atoms with Crippen LogP contribution in [0.25, 0.3) is 5.69 Å².